The zero-order valence-corrected chi connectivity index (χ0v) is 13.3. The van der Waals surface area contributed by atoms with E-state index in [9.17, 15) is 14.0 Å². The Bertz CT molecular complexity index is 503. The van der Waals surface area contributed by atoms with Crippen LogP contribution in [0.5, 0.6) is 0 Å². The fourth-order valence-electron chi connectivity index (χ4n) is 2.02. The molecule has 22 heavy (non-hydrogen) atoms. The lowest BCUT2D eigenvalue weighted by molar-refractivity contribution is -0.143. The van der Waals surface area contributed by atoms with E-state index < -0.39 is 0 Å². The molecule has 0 aliphatic carbocycles. The molecule has 0 spiro atoms. The Kier molecular flexibility index (Phi) is 8.18. The first kappa shape index (κ1) is 18.1. The normalized spacial score (nSPS) is 10.3. The lowest BCUT2D eigenvalue weighted by Crippen LogP contribution is -2.24. The molecule has 0 aromatic heterocycles. The van der Waals surface area contributed by atoms with Gasteiger partial charge >= 0.3 is 5.97 Å². The van der Waals surface area contributed by atoms with Crippen LogP contribution in [-0.4, -0.2) is 25.0 Å². The molecule has 1 aromatic rings. The summed E-state index contributed by atoms with van der Waals surface area (Å²) in [6, 6.07) is 4.47. The van der Waals surface area contributed by atoms with Crippen LogP contribution < -0.4 is 5.32 Å². The molecule has 0 heterocycles. The van der Waals surface area contributed by atoms with Crippen LogP contribution in [-0.2, 0) is 9.53 Å². The molecule has 0 aliphatic heterocycles. The molecule has 0 atom stereocenters. The van der Waals surface area contributed by atoms with Gasteiger partial charge < -0.3 is 10.1 Å². The van der Waals surface area contributed by atoms with Gasteiger partial charge in [0.2, 0.25) is 0 Å². The fraction of sp³-hybridized carbons (Fsp3) is 0.529. The second kappa shape index (κ2) is 9.92. The monoisotopic (exact) mass is 309 g/mol. The van der Waals surface area contributed by atoms with Crippen molar-refractivity contribution in [1.82, 2.24) is 5.32 Å². The highest BCUT2D eigenvalue weighted by Crippen LogP contribution is 2.09. The van der Waals surface area contributed by atoms with Gasteiger partial charge in [0.05, 0.1) is 6.61 Å². The molecule has 1 rings (SSSR count). The number of halogens is 1. The van der Waals surface area contributed by atoms with Gasteiger partial charge in [-0.1, -0.05) is 18.9 Å². The van der Waals surface area contributed by atoms with Gasteiger partial charge in [0.15, 0.2) is 0 Å². The lowest BCUT2D eigenvalue weighted by Gasteiger charge is -2.06. The number of amides is 1. The molecule has 0 aliphatic rings. The van der Waals surface area contributed by atoms with E-state index in [1.54, 1.807) is 26.0 Å². The van der Waals surface area contributed by atoms with Crippen LogP contribution >= 0.6 is 0 Å². The number of nitrogens with one attached hydrogen (secondary N) is 1. The first-order valence-electron chi connectivity index (χ1n) is 7.74. The predicted molar refractivity (Wildman–Crippen MR) is 83.2 cm³/mol. The number of rotatable bonds is 9. The summed E-state index contributed by atoms with van der Waals surface area (Å²) in [4.78, 5) is 22.9. The molecule has 1 N–H and O–H groups in total. The molecule has 0 unspecified atom stereocenters. The van der Waals surface area contributed by atoms with E-state index in [-0.39, 0.29) is 17.7 Å². The molecule has 0 fully saturated rings. The summed E-state index contributed by atoms with van der Waals surface area (Å²) >= 11 is 0. The fourth-order valence-corrected chi connectivity index (χ4v) is 2.02. The summed E-state index contributed by atoms with van der Waals surface area (Å²) in [6.45, 7) is 4.42. The van der Waals surface area contributed by atoms with Gasteiger partial charge in [0.1, 0.15) is 5.82 Å². The van der Waals surface area contributed by atoms with Crippen molar-refractivity contribution in [2.24, 2.45) is 0 Å². The third-order valence-electron chi connectivity index (χ3n) is 3.33. The van der Waals surface area contributed by atoms with E-state index >= 15 is 0 Å². The molecule has 0 radical (unpaired) electrons. The van der Waals surface area contributed by atoms with Crippen LogP contribution in [0.4, 0.5) is 4.39 Å². The number of aryl methyl sites for hydroxylation is 1. The average molecular weight is 309 g/mol. The van der Waals surface area contributed by atoms with Crippen LogP contribution in [0.2, 0.25) is 0 Å². The minimum Gasteiger partial charge on any atom is -0.466 e. The highest BCUT2D eigenvalue weighted by atomic mass is 19.1. The van der Waals surface area contributed by atoms with Gasteiger partial charge in [-0.2, -0.15) is 0 Å². The Morgan fingerprint density at radius 2 is 1.91 bits per heavy atom. The van der Waals surface area contributed by atoms with Crippen molar-refractivity contribution in [2.45, 2.75) is 46.0 Å². The molecule has 0 bridgehead atoms. The van der Waals surface area contributed by atoms with Crippen molar-refractivity contribution in [2.75, 3.05) is 13.2 Å². The number of benzene rings is 1. The lowest BCUT2D eigenvalue weighted by atomic mass is 10.1. The standard InChI is InChI=1S/C17H24FNO3/c1-3-22-16(20)8-6-4-5-7-11-19-17(21)14-10-9-13(2)15(18)12-14/h9-10,12H,3-8,11H2,1-2H3,(H,19,21). The minimum atomic E-state index is -0.369. The largest absolute Gasteiger partial charge is 0.466 e. The summed E-state index contributed by atoms with van der Waals surface area (Å²) in [5.41, 5.74) is 0.864. The summed E-state index contributed by atoms with van der Waals surface area (Å²) < 4.78 is 18.2. The summed E-state index contributed by atoms with van der Waals surface area (Å²) in [7, 11) is 0. The molecule has 0 saturated heterocycles. The zero-order chi connectivity index (χ0) is 16.4. The van der Waals surface area contributed by atoms with Gasteiger partial charge in [-0.3, -0.25) is 9.59 Å². The van der Waals surface area contributed by atoms with Gasteiger partial charge in [-0.25, -0.2) is 4.39 Å². The maximum Gasteiger partial charge on any atom is 0.305 e. The molecule has 1 amide bonds. The van der Waals surface area contributed by atoms with Gasteiger partial charge in [-0.15, -0.1) is 0 Å². The van der Waals surface area contributed by atoms with Crippen molar-refractivity contribution in [1.29, 1.82) is 0 Å². The molecule has 1 aromatic carbocycles. The van der Waals surface area contributed by atoms with Gasteiger partial charge in [0, 0.05) is 18.5 Å². The quantitative estimate of drug-likeness (QED) is 0.562. The first-order chi connectivity index (χ1) is 10.5. The first-order valence-corrected chi connectivity index (χ1v) is 7.74. The van der Waals surface area contributed by atoms with E-state index in [2.05, 4.69) is 5.32 Å². The highest BCUT2D eigenvalue weighted by molar-refractivity contribution is 5.94. The third-order valence-corrected chi connectivity index (χ3v) is 3.33. The van der Waals surface area contributed by atoms with Crippen LogP contribution in [0.3, 0.4) is 0 Å². The molecule has 0 saturated carbocycles. The van der Waals surface area contributed by atoms with E-state index in [1.165, 1.54) is 6.07 Å². The van der Waals surface area contributed by atoms with E-state index in [0.717, 1.165) is 25.7 Å². The molecular formula is C17H24FNO3. The number of ether oxygens (including phenoxy) is 1. The van der Waals surface area contributed by atoms with Crippen molar-refractivity contribution in [3.8, 4) is 0 Å². The van der Waals surface area contributed by atoms with Crippen molar-refractivity contribution in [3.05, 3.63) is 35.1 Å². The van der Waals surface area contributed by atoms with Crippen molar-refractivity contribution < 1.29 is 18.7 Å². The topological polar surface area (TPSA) is 55.4 Å². The number of hydrogen-bond acceptors (Lipinski definition) is 3. The molecular weight excluding hydrogens is 285 g/mol. The molecule has 122 valence electrons. The Morgan fingerprint density at radius 1 is 1.18 bits per heavy atom. The molecule has 5 heteroatoms. The van der Waals surface area contributed by atoms with E-state index in [1.807, 2.05) is 0 Å². The third kappa shape index (κ3) is 6.70. The summed E-state index contributed by atoms with van der Waals surface area (Å²) in [5.74, 6) is -0.783. The minimum absolute atomic E-state index is 0.155. The van der Waals surface area contributed by atoms with Crippen LogP contribution in [0.1, 0.15) is 54.9 Å². The number of unbranched alkanes of at least 4 members (excludes halogenated alkanes) is 3. The highest BCUT2D eigenvalue weighted by Gasteiger charge is 2.07. The predicted octanol–water partition coefficient (Wildman–Crippen LogP) is 3.38. The second-order valence-corrected chi connectivity index (χ2v) is 5.19. The smallest absolute Gasteiger partial charge is 0.305 e. The average Bonchev–Trinajstić information content (AvgIpc) is 2.49. The van der Waals surface area contributed by atoms with Crippen LogP contribution in [0.15, 0.2) is 18.2 Å². The Hall–Kier alpha value is -1.91. The Morgan fingerprint density at radius 3 is 2.59 bits per heavy atom. The maximum atomic E-state index is 13.4. The van der Waals surface area contributed by atoms with Gasteiger partial charge in [-0.05, 0) is 44.4 Å². The van der Waals surface area contributed by atoms with E-state index in [0.29, 0.717) is 30.7 Å². The second-order valence-electron chi connectivity index (χ2n) is 5.19. The van der Waals surface area contributed by atoms with Crippen molar-refractivity contribution >= 4 is 11.9 Å². The maximum absolute atomic E-state index is 13.4. The summed E-state index contributed by atoms with van der Waals surface area (Å²) in [5, 5.41) is 2.77. The van der Waals surface area contributed by atoms with Crippen LogP contribution in [0.25, 0.3) is 0 Å². The van der Waals surface area contributed by atoms with E-state index in [4.69, 9.17) is 4.74 Å². The number of esters is 1. The van der Waals surface area contributed by atoms with Gasteiger partial charge in [0.25, 0.3) is 5.91 Å². The Balaban J connectivity index is 2.13. The summed E-state index contributed by atoms with van der Waals surface area (Å²) in [6.07, 6.45) is 3.94. The number of hydrogen-bond donors (Lipinski definition) is 1. The Labute approximate surface area is 131 Å². The number of carbonyl (C=O) groups is 2. The molecule has 4 nitrogen and oxygen atoms in total. The SMILES string of the molecule is CCOC(=O)CCCCCCNC(=O)c1ccc(C)c(F)c1. The van der Waals surface area contributed by atoms with Crippen LogP contribution in [0, 0.1) is 12.7 Å². The van der Waals surface area contributed by atoms with Crippen molar-refractivity contribution in [3.63, 3.8) is 0 Å². The zero-order valence-electron chi connectivity index (χ0n) is 13.3. The number of carbonyl (C=O) groups excluding carboxylic acids is 2.